The van der Waals surface area contributed by atoms with E-state index in [4.69, 9.17) is 4.74 Å². The first kappa shape index (κ1) is 8.53. The Morgan fingerprint density at radius 1 is 1.64 bits per heavy atom. The molecule has 11 heavy (non-hydrogen) atoms. The molecule has 64 valence electrons. The summed E-state index contributed by atoms with van der Waals surface area (Å²) in [5, 5.41) is 3.05. The van der Waals surface area contributed by atoms with E-state index in [1.165, 1.54) is 0 Å². The van der Waals surface area contributed by atoms with Gasteiger partial charge in [0.1, 0.15) is 5.60 Å². The lowest BCUT2D eigenvalue weighted by Crippen LogP contribution is -2.24. The van der Waals surface area contributed by atoms with E-state index in [2.05, 4.69) is 5.32 Å². The van der Waals surface area contributed by atoms with Crippen LogP contribution in [-0.2, 0) is 9.53 Å². The van der Waals surface area contributed by atoms with Gasteiger partial charge in [-0.3, -0.25) is 4.79 Å². The SMILES string of the molecule is CC(C)(C)OC(=O)C[C@H]1CN1. The van der Waals surface area contributed by atoms with Gasteiger partial charge in [0.15, 0.2) is 0 Å². The molecule has 0 aliphatic carbocycles. The molecule has 0 saturated carbocycles. The van der Waals surface area contributed by atoms with Gasteiger partial charge in [0, 0.05) is 12.6 Å². The minimum absolute atomic E-state index is 0.104. The van der Waals surface area contributed by atoms with Crippen molar-refractivity contribution in [2.75, 3.05) is 6.54 Å². The van der Waals surface area contributed by atoms with Crippen LogP contribution in [0.25, 0.3) is 0 Å². The zero-order valence-electron chi connectivity index (χ0n) is 7.31. The van der Waals surface area contributed by atoms with Crippen LogP contribution in [0.1, 0.15) is 27.2 Å². The maximum absolute atomic E-state index is 11.0. The Kier molecular flexibility index (Phi) is 2.18. The molecule has 1 saturated heterocycles. The van der Waals surface area contributed by atoms with Crippen molar-refractivity contribution < 1.29 is 9.53 Å². The maximum atomic E-state index is 11.0. The lowest BCUT2D eigenvalue weighted by Gasteiger charge is -2.19. The molecule has 0 amide bonds. The Balaban J connectivity index is 2.19. The van der Waals surface area contributed by atoms with Gasteiger partial charge < -0.3 is 10.1 Å². The zero-order chi connectivity index (χ0) is 8.48. The third-order valence-corrected chi connectivity index (χ3v) is 1.33. The molecule has 1 fully saturated rings. The number of carbonyl (C=O) groups excluding carboxylic acids is 1. The van der Waals surface area contributed by atoms with Gasteiger partial charge in [-0.2, -0.15) is 0 Å². The van der Waals surface area contributed by atoms with Crippen LogP contribution < -0.4 is 5.32 Å². The molecule has 0 spiro atoms. The molecular formula is C8H15NO2. The second-order valence-electron chi connectivity index (χ2n) is 3.90. The highest BCUT2D eigenvalue weighted by molar-refractivity contribution is 5.71. The molecule has 0 aromatic heterocycles. The molecule has 1 aliphatic heterocycles. The fourth-order valence-corrected chi connectivity index (χ4v) is 0.812. The Bertz CT molecular complexity index is 156. The van der Waals surface area contributed by atoms with Gasteiger partial charge in [0.25, 0.3) is 0 Å². The average molecular weight is 157 g/mol. The zero-order valence-corrected chi connectivity index (χ0v) is 7.31. The number of hydrogen-bond donors (Lipinski definition) is 1. The summed E-state index contributed by atoms with van der Waals surface area (Å²) in [5.74, 6) is -0.104. The first-order valence-electron chi connectivity index (χ1n) is 3.92. The van der Waals surface area contributed by atoms with Crippen molar-refractivity contribution >= 4 is 5.97 Å². The van der Waals surface area contributed by atoms with Gasteiger partial charge in [-0.25, -0.2) is 0 Å². The Morgan fingerprint density at radius 2 is 2.18 bits per heavy atom. The smallest absolute Gasteiger partial charge is 0.307 e. The summed E-state index contributed by atoms with van der Waals surface area (Å²) >= 11 is 0. The molecule has 1 N–H and O–H groups in total. The third kappa shape index (κ3) is 3.98. The summed E-state index contributed by atoms with van der Waals surface area (Å²) in [6.45, 7) is 6.60. The molecule has 1 heterocycles. The average Bonchev–Trinajstić information content (AvgIpc) is 2.42. The Morgan fingerprint density at radius 3 is 2.55 bits per heavy atom. The standard InChI is InChI=1S/C8H15NO2/c1-8(2,3)11-7(10)4-6-5-9-6/h6,9H,4-5H2,1-3H3/t6-/m0/s1. The van der Waals surface area contributed by atoms with E-state index in [1.54, 1.807) is 0 Å². The molecular weight excluding hydrogens is 142 g/mol. The number of ether oxygens (including phenoxy) is 1. The summed E-state index contributed by atoms with van der Waals surface area (Å²) in [6.07, 6.45) is 0.511. The van der Waals surface area contributed by atoms with Gasteiger partial charge in [-0.1, -0.05) is 0 Å². The van der Waals surface area contributed by atoms with E-state index in [0.29, 0.717) is 12.5 Å². The van der Waals surface area contributed by atoms with E-state index in [1.807, 2.05) is 20.8 Å². The van der Waals surface area contributed by atoms with Crippen LogP contribution in [0.15, 0.2) is 0 Å². The molecule has 0 unspecified atom stereocenters. The number of rotatable bonds is 2. The Labute approximate surface area is 67.1 Å². The van der Waals surface area contributed by atoms with Crippen LogP contribution in [-0.4, -0.2) is 24.2 Å². The predicted molar refractivity (Wildman–Crippen MR) is 42.3 cm³/mol. The monoisotopic (exact) mass is 157 g/mol. The van der Waals surface area contributed by atoms with Crippen LogP contribution in [0.4, 0.5) is 0 Å². The highest BCUT2D eigenvalue weighted by Crippen LogP contribution is 2.11. The quantitative estimate of drug-likeness (QED) is 0.474. The van der Waals surface area contributed by atoms with E-state index in [9.17, 15) is 4.79 Å². The molecule has 1 rings (SSSR count). The van der Waals surface area contributed by atoms with Crippen LogP contribution in [0.2, 0.25) is 0 Å². The minimum atomic E-state index is -0.341. The van der Waals surface area contributed by atoms with Crippen molar-refractivity contribution in [3.8, 4) is 0 Å². The van der Waals surface area contributed by atoms with Crippen molar-refractivity contribution in [3.05, 3.63) is 0 Å². The highest BCUT2D eigenvalue weighted by Gasteiger charge is 2.26. The van der Waals surface area contributed by atoms with Gasteiger partial charge in [-0.05, 0) is 20.8 Å². The fraction of sp³-hybridized carbons (Fsp3) is 0.875. The number of carbonyl (C=O) groups is 1. The van der Waals surface area contributed by atoms with Gasteiger partial charge in [0.2, 0.25) is 0 Å². The summed E-state index contributed by atoms with van der Waals surface area (Å²) < 4.78 is 5.11. The van der Waals surface area contributed by atoms with E-state index in [0.717, 1.165) is 6.54 Å². The third-order valence-electron chi connectivity index (χ3n) is 1.33. The topological polar surface area (TPSA) is 48.2 Å². The second-order valence-corrected chi connectivity index (χ2v) is 3.90. The first-order chi connectivity index (χ1) is 4.97. The molecule has 3 heteroatoms. The van der Waals surface area contributed by atoms with Crippen LogP contribution in [0, 0.1) is 0 Å². The molecule has 1 aliphatic rings. The van der Waals surface area contributed by atoms with E-state index >= 15 is 0 Å². The first-order valence-corrected chi connectivity index (χ1v) is 3.92. The number of nitrogens with one attached hydrogen (secondary N) is 1. The molecule has 0 bridgehead atoms. The number of esters is 1. The van der Waals surface area contributed by atoms with Gasteiger partial charge in [-0.15, -0.1) is 0 Å². The van der Waals surface area contributed by atoms with Gasteiger partial charge >= 0.3 is 5.97 Å². The number of hydrogen-bond acceptors (Lipinski definition) is 3. The molecule has 0 aromatic rings. The van der Waals surface area contributed by atoms with Crippen molar-refractivity contribution in [2.24, 2.45) is 0 Å². The van der Waals surface area contributed by atoms with E-state index < -0.39 is 0 Å². The summed E-state index contributed by atoms with van der Waals surface area (Å²) in [6, 6.07) is 0.379. The lowest BCUT2D eigenvalue weighted by molar-refractivity contribution is -0.154. The highest BCUT2D eigenvalue weighted by atomic mass is 16.6. The lowest BCUT2D eigenvalue weighted by atomic mass is 10.2. The summed E-state index contributed by atoms with van der Waals surface area (Å²) in [5.41, 5.74) is -0.341. The second kappa shape index (κ2) is 2.81. The van der Waals surface area contributed by atoms with Crippen molar-refractivity contribution in [3.63, 3.8) is 0 Å². The largest absolute Gasteiger partial charge is 0.460 e. The summed E-state index contributed by atoms with van der Waals surface area (Å²) in [7, 11) is 0. The van der Waals surface area contributed by atoms with Crippen LogP contribution >= 0.6 is 0 Å². The summed E-state index contributed by atoms with van der Waals surface area (Å²) in [4.78, 5) is 11.0. The Hall–Kier alpha value is -0.570. The maximum Gasteiger partial charge on any atom is 0.307 e. The van der Waals surface area contributed by atoms with Crippen molar-refractivity contribution in [1.29, 1.82) is 0 Å². The van der Waals surface area contributed by atoms with Crippen LogP contribution in [0.3, 0.4) is 0 Å². The van der Waals surface area contributed by atoms with Gasteiger partial charge in [0.05, 0.1) is 6.42 Å². The van der Waals surface area contributed by atoms with Crippen molar-refractivity contribution in [2.45, 2.75) is 38.8 Å². The van der Waals surface area contributed by atoms with Crippen LogP contribution in [0.5, 0.6) is 0 Å². The molecule has 0 aromatic carbocycles. The fourth-order valence-electron chi connectivity index (χ4n) is 0.812. The minimum Gasteiger partial charge on any atom is -0.460 e. The molecule has 3 nitrogen and oxygen atoms in total. The van der Waals surface area contributed by atoms with Crippen molar-refractivity contribution in [1.82, 2.24) is 5.32 Å². The molecule has 1 atom stereocenters. The molecule has 0 radical (unpaired) electrons. The predicted octanol–water partition coefficient (Wildman–Crippen LogP) is 0.690. The normalized spacial score (nSPS) is 23.0. The van der Waals surface area contributed by atoms with E-state index in [-0.39, 0.29) is 11.6 Å².